The minimum absolute atomic E-state index is 0.195. The Balaban J connectivity index is 2.66. The number of hydrogen-bond acceptors (Lipinski definition) is 3. The third-order valence-corrected chi connectivity index (χ3v) is 4.40. The van der Waals surface area contributed by atoms with Crippen LogP contribution in [0.5, 0.6) is 0 Å². The molecule has 3 nitrogen and oxygen atoms in total. The molecule has 2 rings (SSSR count). The second-order valence-electron chi connectivity index (χ2n) is 2.89. The van der Waals surface area contributed by atoms with Gasteiger partial charge in [-0.2, -0.15) is 0 Å². The van der Waals surface area contributed by atoms with Gasteiger partial charge >= 0.3 is 0 Å². The van der Waals surface area contributed by atoms with Gasteiger partial charge < -0.3 is 5.32 Å². The zero-order chi connectivity index (χ0) is 9.47. The van der Waals surface area contributed by atoms with Crippen molar-refractivity contribution in [2.45, 2.75) is 4.90 Å². The lowest BCUT2D eigenvalue weighted by molar-refractivity contribution is 0.595. The highest BCUT2D eigenvalue weighted by atomic mass is 127. The van der Waals surface area contributed by atoms with E-state index in [0.717, 1.165) is 9.26 Å². The summed E-state index contributed by atoms with van der Waals surface area (Å²) in [5.74, 6) is 0.195. The molecule has 0 aromatic heterocycles. The van der Waals surface area contributed by atoms with Crippen LogP contribution in [-0.4, -0.2) is 20.7 Å². The molecule has 0 saturated carbocycles. The van der Waals surface area contributed by atoms with Gasteiger partial charge in [-0.3, -0.25) is 0 Å². The van der Waals surface area contributed by atoms with Crippen molar-refractivity contribution in [1.29, 1.82) is 0 Å². The van der Waals surface area contributed by atoms with Crippen molar-refractivity contribution in [2.24, 2.45) is 0 Å². The maximum Gasteiger partial charge on any atom is 0.182 e. The van der Waals surface area contributed by atoms with E-state index in [2.05, 4.69) is 27.9 Å². The third kappa shape index (κ3) is 1.67. The van der Waals surface area contributed by atoms with Gasteiger partial charge in [0, 0.05) is 10.1 Å². The van der Waals surface area contributed by atoms with E-state index in [0.29, 0.717) is 11.4 Å². The van der Waals surface area contributed by atoms with Crippen LogP contribution >= 0.6 is 22.6 Å². The van der Waals surface area contributed by atoms with Gasteiger partial charge in [-0.05, 0) is 40.8 Å². The largest absolute Gasteiger partial charge is 0.383 e. The maximum atomic E-state index is 11.5. The van der Waals surface area contributed by atoms with E-state index in [9.17, 15) is 8.42 Å². The zero-order valence-electron chi connectivity index (χ0n) is 6.75. The average Bonchev–Trinajstić information content (AvgIpc) is 2.02. The van der Waals surface area contributed by atoms with Crippen LogP contribution in [0.15, 0.2) is 23.1 Å². The van der Waals surface area contributed by atoms with Crippen LogP contribution in [0, 0.1) is 3.57 Å². The molecule has 0 bridgehead atoms. The van der Waals surface area contributed by atoms with E-state index in [4.69, 9.17) is 0 Å². The second-order valence-corrected chi connectivity index (χ2v) is 6.21. The molecule has 1 aromatic carbocycles. The Morgan fingerprint density at radius 3 is 2.92 bits per heavy atom. The van der Waals surface area contributed by atoms with Gasteiger partial charge in [-0.1, -0.05) is 0 Å². The van der Waals surface area contributed by atoms with E-state index in [1.807, 2.05) is 12.1 Å². The quantitative estimate of drug-likeness (QED) is 0.739. The average molecular weight is 309 g/mol. The molecule has 0 spiro atoms. The molecule has 1 aromatic rings. The van der Waals surface area contributed by atoms with Crippen LogP contribution in [0.25, 0.3) is 0 Å². The van der Waals surface area contributed by atoms with Gasteiger partial charge in [0.2, 0.25) is 0 Å². The van der Waals surface area contributed by atoms with Crippen LogP contribution < -0.4 is 5.32 Å². The number of nitrogens with one attached hydrogen (secondary N) is 1. The van der Waals surface area contributed by atoms with Gasteiger partial charge in [0.05, 0.1) is 16.3 Å². The monoisotopic (exact) mass is 309 g/mol. The molecule has 1 N–H and O–H groups in total. The predicted molar refractivity (Wildman–Crippen MR) is 59.7 cm³/mol. The van der Waals surface area contributed by atoms with Crippen molar-refractivity contribution < 1.29 is 8.42 Å². The zero-order valence-corrected chi connectivity index (χ0v) is 9.72. The first-order valence-corrected chi connectivity index (χ1v) is 6.59. The molecular formula is C8H8INO2S. The van der Waals surface area contributed by atoms with Crippen molar-refractivity contribution in [1.82, 2.24) is 0 Å². The number of halogens is 1. The van der Waals surface area contributed by atoms with Gasteiger partial charge in [0.1, 0.15) is 0 Å². The van der Waals surface area contributed by atoms with Gasteiger partial charge in [-0.25, -0.2) is 8.42 Å². The van der Waals surface area contributed by atoms with Crippen LogP contribution in [0.3, 0.4) is 0 Å². The Morgan fingerprint density at radius 1 is 1.38 bits per heavy atom. The fraction of sp³-hybridized carbons (Fsp3) is 0.250. The first kappa shape index (κ1) is 9.26. The molecule has 0 unspecified atom stereocenters. The molecule has 0 amide bonds. The highest BCUT2D eigenvalue weighted by Gasteiger charge is 2.22. The molecule has 0 radical (unpaired) electrons. The smallest absolute Gasteiger partial charge is 0.182 e. The van der Waals surface area contributed by atoms with Gasteiger partial charge in [0.25, 0.3) is 0 Å². The lowest BCUT2D eigenvalue weighted by atomic mass is 10.3. The minimum Gasteiger partial charge on any atom is -0.383 e. The second kappa shape index (κ2) is 3.13. The molecule has 13 heavy (non-hydrogen) atoms. The normalized spacial score (nSPS) is 18.8. The molecule has 0 fully saturated rings. The van der Waals surface area contributed by atoms with E-state index in [1.165, 1.54) is 0 Å². The molecule has 1 aliphatic heterocycles. The summed E-state index contributed by atoms with van der Waals surface area (Å²) in [7, 11) is -3.02. The predicted octanol–water partition coefficient (Wildman–Crippen LogP) is 1.49. The summed E-state index contributed by atoms with van der Waals surface area (Å²) >= 11 is 2.16. The molecule has 0 aliphatic carbocycles. The summed E-state index contributed by atoms with van der Waals surface area (Å²) in [6.07, 6.45) is 0. The molecule has 5 heteroatoms. The first-order chi connectivity index (χ1) is 6.09. The van der Waals surface area contributed by atoms with Gasteiger partial charge in [-0.15, -0.1) is 0 Å². The fourth-order valence-corrected chi connectivity index (χ4v) is 3.17. The molecule has 70 valence electrons. The van der Waals surface area contributed by atoms with Crippen LogP contribution in [0.2, 0.25) is 0 Å². The van der Waals surface area contributed by atoms with E-state index >= 15 is 0 Å². The summed E-state index contributed by atoms with van der Waals surface area (Å²) in [6.45, 7) is 0.509. The standard InChI is InChI=1S/C8H8INO2S/c9-6-1-2-8-7(5-6)10-3-4-13(8,11)12/h1-2,5,10H,3-4H2. The van der Waals surface area contributed by atoms with E-state index in [1.54, 1.807) is 6.07 Å². The Labute approximate surface area is 90.6 Å². The van der Waals surface area contributed by atoms with Crippen molar-refractivity contribution in [3.8, 4) is 0 Å². The van der Waals surface area contributed by atoms with Crippen molar-refractivity contribution >= 4 is 38.1 Å². The van der Waals surface area contributed by atoms with E-state index < -0.39 is 9.84 Å². The highest BCUT2D eigenvalue weighted by molar-refractivity contribution is 14.1. The number of fused-ring (bicyclic) bond motifs is 1. The summed E-state index contributed by atoms with van der Waals surface area (Å²) in [6, 6.07) is 5.33. The number of rotatable bonds is 0. The number of benzene rings is 1. The number of hydrogen-bond donors (Lipinski definition) is 1. The third-order valence-electron chi connectivity index (χ3n) is 1.96. The Morgan fingerprint density at radius 2 is 2.15 bits per heavy atom. The van der Waals surface area contributed by atoms with Gasteiger partial charge in [0.15, 0.2) is 9.84 Å². The maximum absolute atomic E-state index is 11.5. The summed E-state index contributed by atoms with van der Waals surface area (Å²) in [5, 5.41) is 3.08. The Kier molecular flexibility index (Phi) is 2.23. The molecular weight excluding hydrogens is 301 g/mol. The van der Waals surface area contributed by atoms with Crippen molar-refractivity contribution in [3.05, 3.63) is 21.8 Å². The lowest BCUT2D eigenvalue weighted by Crippen LogP contribution is -2.23. The summed E-state index contributed by atoms with van der Waals surface area (Å²) in [4.78, 5) is 0.430. The molecule has 0 atom stereocenters. The number of sulfone groups is 1. The summed E-state index contributed by atoms with van der Waals surface area (Å²) in [5.41, 5.74) is 0.734. The Bertz CT molecular complexity index is 441. The Hall–Kier alpha value is -0.300. The molecule has 0 saturated heterocycles. The highest BCUT2D eigenvalue weighted by Crippen LogP contribution is 2.27. The minimum atomic E-state index is -3.02. The SMILES string of the molecule is O=S1(=O)CCNc2cc(I)ccc21. The summed E-state index contributed by atoms with van der Waals surface area (Å²) < 4.78 is 24.1. The molecule has 1 aliphatic rings. The topological polar surface area (TPSA) is 46.2 Å². The van der Waals surface area contributed by atoms with Crippen LogP contribution in [0.4, 0.5) is 5.69 Å². The fourth-order valence-electron chi connectivity index (χ4n) is 1.34. The van der Waals surface area contributed by atoms with Crippen LogP contribution in [0.1, 0.15) is 0 Å². The van der Waals surface area contributed by atoms with Crippen molar-refractivity contribution in [3.63, 3.8) is 0 Å². The van der Waals surface area contributed by atoms with E-state index in [-0.39, 0.29) is 5.75 Å². The molecule has 1 heterocycles. The van der Waals surface area contributed by atoms with Crippen LogP contribution in [-0.2, 0) is 9.84 Å². The van der Waals surface area contributed by atoms with Crippen molar-refractivity contribution in [2.75, 3.05) is 17.6 Å². The lowest BCUT2D eigenvalue weighted by Gasteiger charge is -2.17. The first-order valence-electron chi connectivity index (χ1n) is 3.86. The number of anilines is 1.